The minimum absolute atomic E-state index is 0.0170. The summed E-state index contributed by atoms with van der Waals surface area (Å²) in [6.07, 6.45) is 0.949. The number of hydrogen-bond acceptors (Lipinski definition) is 4. The molecule has 1 aromatic carbocycles. The van der Waals surface area contributed by atoms with Gasteiger partial charge in [-0.3, -0.25) is 0 Å². The summed E-state index contributed by atoms with van der Waals surface area (Å²) < 4.78 is 0. The second-order valence-electron chi connectivity index (χ2n) is 4.31. The molecule has 6 heteroatoms. The Balaban J connectivity index is 2.33. The molecule has 0 aliphatic carbocycles. The minimum atomic E-state index is -0.0170. The van der Waals surface area contributed by atoms with E-state index in [2.05, 4.69) is 15.0 Å². The summed E-state index contributed by atoms with van der Waals surface area (Å²) >= 11 is 5.68. The highest BCUT2D eigenvalue weighted by Crippen LogP contribution is 2.24. The highest BCUT2D eigenvalue weighted by atomic mass is 35.5. The average Bonchev–Trinajstić information content (AvgIpc) is 2.27. The van der Waals surface area contributed by atoms with Crippen molar-refractivity contribution in [3.63, 3.8) is 0 Å². The van der Waals surface area contributed by atoms with Crippen LogP contribution >= 0.6 is 11.6 Å². The molecule has 0 saturated carbocycles. The van der Waals surface area contributed by atoms with Crippen molar-refractivity contribution in [1.82, 2.24) is 15.0 Å². The highest BCUT2D eigenvalue weighted by molar-refractivity contribution is 6.28. The van der Waals surface area contributed by atoms with Crippen molar-refractivity contribution in [3.8, 4) is 0 Å². The van der Waals surface area contributed by atoms with E-state index in [1.807, 2.05) is 19.2 Å². The molecule has 0 unspecified atom stereocenters. The zero-order valence-corrected chi connectivity index (χ0v) is 10.1. The first-order valence-corrected chi connectivity index (χ1v) is 5.79. The van der Waals surface area contributed by atoms with E-state index in [4.69, 9.17) is 11.6 Å². The molecular weight excluding hydrogens is 240 g/mol. The van der Waals surface area contributed by atoms with Crippen LogP contribution in [0, 0.1) is 5.21 Å². The van der Waals surface area contributed by atoms with Gasteiger partial charge in [-0.1, -0.05) is 6.07 Å². The predicted octanol–water partition coefficient (Wildman–Crippen LogP) is 0.904. The summed E-state index contributed by atoms with van der Waals surface area (Å²) in [6.45, 7) is 1.76. The van der Waals surface area contributed by atoms with Gasteiger partial charge in [-0.25, -0.2) is 4.98 Å². The average molecular weight is 251 g/mol. The van der Waals surface area contributed by atoms with Gasteiger partial charge in [-0.2, -0.15) is 0 Å². The van der Waals surface area contributed by atoms with Crippen LogP contribution < -0.4 is 4.85 Å². The highest BCUT2D eigenvalue weighted by Gasteiger charge is 2.22. The first-order valence-electron chi connectivity index (χ1n) is 5.41. The van der Waals surface area contributed by atoms with E-state index in [1.165, 1.54) is 5.56 Å². The lowest BCUT2D eigenvalue weighted by atomic mass is 9.98. The van der Waals surface area contributed by atoms with Crippen molar-refractivity contribution in [2.24, 2.45) is 0 Å². The number of hydrogen-bond donors (Lipinski definition) is 0. The van der Waals surface area contributed by atoms with Crippen molar-refractivity contribution < 1.29 is 4.85 Å². The Morgan fingerprint density at radius 1 is 1.47 bits per heavy atom. The van der Waals surface area contributed by atoms with Crippen LogP contribution in [0.4, 0.5) is 0 Å². The van der Waals surface area contributed by atoms with E-state index in [0.29, 0.717) is 15.9 Å². The van der Waals surface area contributed by atoms with Gasteiger partial charge in [0, 0.05) is 23.8 Å². The van der Waals surface area contributed by atoms with E-state index >= 15 is 0 Å². The maximum atomic E-state index is 11.8. The maximum Gasteiger partial charge on any atom is 0.290 e. The number of likely N-dealkylation sites (N-methyl/N-ethyl adjacent to an activating group) is 1. The summed E-state index contributed by atoms with van der Waals surface area (Å²) in [5.74, 6) is 0. The molecule has 0 N–H and O–H groups in total. The fourth-order valence-electron chi connectivity index (χ4n) is 2.29. The molecule has 1 aliphatic rings. The van der Waals surface area contributed by atoms with Crippen LogP contribution in [-0.2, 0) is 13.0 Å². The van der Waals surface area contributed by atoms with Gasteiger partial charge < -0.3 is 10.1 Å². The minimum Gasteiger partial charge on any atom is -0.594 e. The third-order valence-corrected chi connectivity index (χ3v) is 3.29. The molecule has 1 aliphatic heterocycles. The molecule has 17 heavy (non-hydrogen) atoms. The zero-order chi connectivity index (χ0) is 12.0. The number of fused-ring (bicyclic) bond motifs is 3. The molecule has 0 radical (unpaired) electrons. The summed E-state index contributed by atoms with van der Waals surface area (Å²) in [4.78, 5) is 6.85. The summed E-state index contributed by atoms with van der Waals surface area (Å²) in [5, 5.41) is 15.5. The second kappa shape index (κ2) is 3.78. The normalized spacial score (nSPS) is 16.1. The summed E-state index contributed by atoms with van der Waals surface area (Å²) in [7, 11) is 2.04. The Labute approximate surface area is 103 Å². The number of rotatable bonds is 0. The maximum absolute atomic E-state index is 11.8. The lowest BCUT2D eigenvalue weighted by molar-refractivity contribution is -0.643. The van der Waals surface area contributed by atoms with Crippen molar-refractivity contribution in [2.45, 2.75) is 13.0 Å². The Morgan fingerprint density at radius 2 is 2.29 bits per heavy atom. The molecule has 5 nitrogen and oxygen atoms in total. The first-order chi connectivity index (χ1) is 8.15. The summed E-state index contributed by atoms with van der Waals surface area (Å²) in [5.41, 5.74) is 3.36. The van der Waals surface area contributed by atoms with Crippen LogP contribution in [0.2, 0.25) is 5.28 Å². The standard InChI is InChI=1S/C11H11ClN4O/c1-15-5-4-7-2-3-9-10(8(7)6-15)16(17)14-11(12)13-9/h2-3H,4-6H2,1H3. The van der Waals surface area contributed by atoms with E-state index in [1.54, 1.807) is 0 Å². The lowest BCUT2D eigenvalue weighted by Gasteiger charge is -2.24. The second-order valence-corrected chi connectivity index (χ2v) is 4.65. The smallest absolute Gasteiger partial charge is 0.290 e. The molecule has 0 fully saturated rings. The molecule has 2 heterocycles. The summed E-state index contributed by atoms with van der Waals surface area (Å²) in [6, 6.07) is 3.86. The van der Waals surface area contributed by atoms with Gasteiger partial charge in [0.25, 0.3) is 10.8 Å². The fraction of sp³-hybridized carbons (Fsp3) is 0.364. The SMILES string of the molecule is CN1CCc2ccc3nc(Cl)n[n+]([O-])c3c2C1. The number of benzene rings is 1. The third-order valence-electron chi connectivity index (χ3n) is 3.13. The Bertz CT molecular complexity index is 602. The van der Waals surface area contributed by atoms with Gasteiger partial charge in [0.15, 0.2) is 0 Å². The quantitative estimate of drug-likeness (QED) is 0.515. The number of halogens is 1. The van der Waals surface area contributed by atoms with E-state index in [-0.39, 0.29) is 5.28 Å². The van der Waals surface area contributed by atoms with Crippen molar-refractivity contribution in [2.75, 3.05) is 13.6 Å². The third kappa shape index (κ3) is 1.71. The van der Waals surface area contributed by atoms with Gasteiger partial charge in [-0.05, 0) is 41.5 Å². The molecule has 88 valence electrons. The van der Waals surface area contributed by atoms with Crippen molar-refractivity contribution in [1.29, 1.82) is 0 Å². The van der Waals surface area contributed by atoms with Crippen LogP contribution in [-0.4, -0.2) is 28.6 Å². The zero-order valence-electron chi connectivity index (χ0n) is 9.35. The monoisotopic (exact) mass is 250 g/mol. The number of aromatic nitrogens is 3. The molecule has 1 aromatic heterocycles. The van der Waals surface area contributed by atoms with Crippen LogP contribution in [0.3, 0.4) is 0 Å². The van der Waals surface area contributed by atoms with Crippen LogP contribution in [0.15, 0.2) is 12.1 Å². The molecule has 2 aromatic rings. The molecule has 3 rings (SSSR count). The number of nitrogens with zero attached hydrogens (tertiary/aromatic N) is 4. The van der Waals surface area contributed by atoms with Crippen molar-refractivity contribution in [3.05, 3.63) is 33.8 Å². The fourth-order valence-corrected chi connectivity index (χ4v) is 2.45. The first kappa shape index (κ1) is 10.7. The molecule has 0 bridgehead atoms. The van der Waals surface area contributed by atoms with Gasteiger partial charge in [0.1, 0.15) is 5.52 Å². The van der Waals surface area contributed by atoms with E-state index < -0.39 is 0 Å². The largest absolute Gasteiger partial charge is 0.594 e. The van der Waals surface area contributed by atoms with Gasteiger partial charge in [-0.15, -0.1) is 0 Å². The topological polar surface area (TPSA) is 56.0 Å². The molecule has 0 saturated heterocycles. The van der Waals surface area contributed by atoms with Gasteiger partial charge in [0.05, 0.1) is 0 Å². The van der Waals surface area contributed by atoms with Crippen LogP contribution in [0.1, 0.15) is 11.1 Å². The predicted molar refractivity (Wildman–Crippen MR) is 63.5 cm³/mol. The van der Waals surface area contributed by atoms with Crippen LogP contribution in [0.5, 0.6) is 0 Å². The Kier molecular flexibility index (Phi) is 2.38. The molecule has 0 amide bonds. The molecule has 0 spiro atoms. The Morgan fingerprint density at radius 3 is 3.12 bits per heavy atom. The molecular formula is C11H11ClN4O. The lowest BCUT2D eigenvalue weighted by Crippen LogP contribution is -2.36. The van der Waals surface area contributed by atoms with E-state index in [0.717, 1.165) is 25.1 Å². The van der Waals surface area contributed by atoms with E-state index in [9.17, 15) is 5.21 Å². The van der Waals surface area contributed by atoms with Crippen LogP contribution in [0.25, 0.3) is 11.0 Å². The van der Waals surface area contributed by atoms with Crippen molar-refractivity contribution >= 4 is 22.6 Å². The van der Waals surface area contributed by atoms with Gasteiger partial charge >= 0.3 is 0 Å². The Hall–Kier alpha value is -1.46. The molecule has 0 atom stereocenters. The van der Waals surface area contributed by atoms with Gasteiger partial charge in [0.2, 0.25) is 0 Å².